The van der Waals surface area contributed by atoms with Crippen LogP contribution in [0.1, 0.15) is 5.56 Å². The summed E-state index contributed by atoms with van der Waals surface area (Å²) in [5.41, 5.74) is 1.33. The molecule has 0 radical (unpaired) electrons. The van der Waals surface area contributed by atoms with E-state index in [9.17, 15) is 20.2 Å². The summed E-state index contributed by atoms with van der Waals surface area (Å²) >= 11 is 0. The Bertz CT molecular complexity index is 1350. The van der Waals surface area contributed by atoms with Gasteiger partial charge in [-0.3, -0.25) is 20.0 Å². The lowest BCUT2D eigenvalue weighted by Gasteiger charge is -2.05. The zero-order valence-corrected chi connectivity index (χ0v) is 15.6. The number of nitro groups is 1. The first kappa shape index (κ1) is 18.7. The molecule has 0 amide bonds. The minimum atomic E-state index is -0.508. The predicted octanol–water partition coefficient (Wildman–Crippen LogP) is 3.22. The smallest absolute Gasteiger partial charge is 0.273 e. The number of anilines is 2. The van der Waals surface area contributed by atoms with Gasteiger partial charge < -0.3 is 10.1 Å². The van der Waals surface area contributed by atoms with Crippen molar-refractivity contribution in [2.75, 3.05) is 12.4 Å². The summed E-state index contributed by atoms with van der Waals surface area (Å²) in [4.78, 5) is 27.3. The number of hydrogen-bond donors (Lipinski definition) is 2. The summed E-state index contributed by atoms with van der Waals surface area (Å²) in [6.07, 6.45) is 0. The van der Waals surface area contributed by atoms with Crippen molar-refractivity contribution in [2.24, 2.45) is 0 Å². The van der Waals surface area contributed by atoms with Crippen molar-refractivity contribution in [3.63, 3.8) is 0 Å². The largest absolute Gasteiger partial charge is 0.497 e. The highest BCUT2D eigenvalue weighted by molar-refractivity contribution is 5.74. The van der Waals surface area contributed by atoms with Gasteiger partial charge >= 0.3 is 0 Å². The number of ether oxygens (including phenoxy) is 1. The van der Waals surface area contributed by atoms with Crippen LogP contribution >= 0.6 is 0 Å². The first-order valence-corrected chi connectivity index (χ1v) is 8.72. The van der Waals surface area contributed by atoms with Crippen molar-refractivity contribution in [3.05, 3.63) is 80.6 Å². The molecule has 2 aromatic heterocycles. The number of methoxy groups -OCH3 is 1. The zero-order chi connectivity index (χ0) is 21.3. The average molecular weight is 402 g/mol. The summed E-state index contributed by atoms with van der Waals surface area (Å²) in [6.45, 7) is 0. The Morgan fingerprint density at radius 1 is 1.20 bits per heavy atom. The topological polar surface area (TPSA) is 138 Å². The molecule has 0 saturated heterocycles. The number of nitro benzene ring substituents is 1. The van der Waals surface area contributed by atoms with Crippen LogP contribution in [0.5, 0.6) is 5.75 Å². The first-order chi connectivity index (χ1) is 14.5. The van der Waals surface area contributed by atoms with Gasteiger partial charge in [0, 0.05) is 29.4 Å². The molecule has 0 aliphatic rings. The standard InChI is InChI=1S/C20H14N6O4/c1-30-15-8-4-13(5-9-15)22-19-16(11-21)20-23-17(10-18(27)25(20)24-19)12-2-6-14(7-3-12)26(28)29/h2-10,22,24H,1H3. The highest BCUT2D eigenvalue weighted by atomic mass is 16.6. The van der Waals surface area contributed by atoms with Gasteiger partial charge in [0.2, 0.25) is 0 Å². The predicted molar refractivity (Wildman–Crippen MR) is 109 cm³/mol. The Kier molecular flexibility index (Phi) is 4.61. The van der Waals surface area contributed by atoms with Crippen LogP contribution in [0.15, 0.2) is 59.4 Å². The van der Waals surface area contributed by atoms with Crippen LogP contribution in [-0.2, 0) is 0 Å². The number of aromatic nitrogens is 3. The third kappa shape index (κ3) is 3.31. The third-order valence-electron chi connectivity index (χ3n) is 4.46. The average Bonchev–Trinajstić information content (AvgIpc) is 3.12. The molecule has 0 fully saturated rings. The van der Waals surface area contributed by atoms with Gasteiger partial charge in [-0.15, -0.1) is 0 Å². The minimum Gasteiger partial charge on any atom is -0.497 e. The number of nitrogens with zero attached hydrogens (tertiary/aromatic N) is 4. The Hall–Kier alpha value is -4.65. The second kappa shape index (κ2) is 7.40. The van der Waals surface area contributed by atoms with E-state index in [0.717, 1.165) is 0 Å². The summed E-state index contributed by atoms with van der Waals surface area (Å²) < 4.78 is 6.29. The number of H-pyrrole nitrogens is 1. The van der Waals surface area contributed by atoms with E-state index in [1.165, 1.54) is 34.8 Å². The van der Waals surface area contributed by atoms with E-state index >= 15 is 0 Å². The second-order valence-electron chi connectivity index (χ2n) is 6.27. The molecular formula is C20H14N6O4. The van der Waals surface area contributed by atoms with Crippen molar-refractivity contribution in [3.8, 4) is 23.1 Å². The molecule has 0 aliphatic heterocycles. The van der Waals surface area contributed by atoms with Crippen molar-refractivity contribution in [1.29, 1.82) is 5.26 Å². The summed E-state index contributed by atoms with van der Waals surface area (Å²) in [5.74, 6) is 0.997. The van der Waals surface area contributed by atoms with E-state index in [4.69, 9.17) is 4.74 Å². The number of aromatic amines is 1. The van der Waals surface area contributed by atoms with Gasteiger partial charge in [-0.25, -0.2) is 4.98 Å². The molecule has 2 aromatic carbocycles. The first-order valence-electron chi connectivity index (χ1n) is 8.72. The van der Waals surface area contributed by atoms with Gasteiger partial charge in [-0.05, 0) is 36.4 Å². The van der Waals surface area contributed by atoms with Crippen molar-refractivity contribution >= 4 is 22.8 Å². The Morgan fingerprint density at radius 2 is 1.90 bits per heavy atom. The number of non-ortho nitro benzene ring substituents is 1. The van der Waals surface area contributed by atoms with Gasteiger partial charge in [0.25, 0.3) is 11.2 Å². The van der Waals surface area contributed by atoms with Crippen molar-refractivity contribution < 1.29 is 9.66 Å². The summed E-state index contributed by atoms with van der Waals surface area (Å²) in [6, 6.07) is 16.1. The lowest BCUT2D eigenvalue weighted by atomic mass is 10.1. The molecule has 4 rings (SSSR count). The molecule has 0 bridgehead atoms. The van der Waals surface area contributed by atoms with Gasteiger partial charge in [-0.1, -0.05) is 0 Å². The van der Waals surface area contributed by atoms with Crippen LogP contribution in [0.3, 0.4) is 0 Å². The van der Waals surface area contributed by atoms with Crippen LogP contribution < -0.4 is 15.6 Å². The maximum Gasteiger partial charge on any atom is 0.273 e. The molecule has 10 nitrogen and oxygen atoms in total. The maximum absolute atomic E-state index is 12.6. The highest BCUT2D eigenvalue weighted by Gasteiger charge is 2.16. The van der Waals surface area contributed by atoms with E-state index < -0.39 is 10.5 Å². The Balaban J connectivity index is 1.77. The van der Waals surface area contributed by atoms with Crippen LogP contribution in [0.2, 0.25) is 0 Å². The number of benzene rings is 2. The lowest BCUT2D eigenvalue weighted by molar-refractivity contribution is -0.384. The van der Waals surface area contributed by atoms with Gasteiger partial charge in [0.1, 0.15) is 23.2 Å². The van der Waals surface area contributed by atoms with Crippen LogP contribution in [0, 0.1) is 21.4 Å². The summed E-state index contributed by atoms with van der Waals surface area (Å²) in [7, 11) is 1.56. The third-order valence-corrected chi connectivity index (χ3v) is 4.46. The maximum atomic E-state index is 12.6. The number of nitrogens with one attached hydrogen (secondary N) is 2. The SMILES string of the molecule is COc1ccc(Nc2[nH]n3c(=O)cc(-c4ccc([N+](=O)[O-])cc4)nc3c2C#N)cc1. The zero-order valence-electron chi connectivity index (χ0n) is 15.6. The Labute approximate surface area is 169 Å². The second-order valence-corrected chi connectivity index (χ2v) is 6.27. The van der Waals surface area contributed by atoms with Gasteiger partial charge in [0.05, 0.1) is 17.7 Å². The molecule has 30 heavy (non-hydrogen) atoms. The van der Waals surface area contributed by atoms with Gasteiger partial charge in [-0.2, -0.15) is 9.78 Å². The van der Waals surface area contributed by atoms with Crippen molar-refractivity contribution in [1.82, 2.24) is 14.6 Å². The molecule has 0 saturated carbocycles. The van der Waals surface area contributed by atoms with E-state index in [1.54, 1.807) is 31.4 Å². The minimum absolute atomic E-state index is 0.0677. The fraction of sp³-hybridized carbons (Fsp3) is 0.0500. The number of rotatable bonds is 5. The van der Waals surface area contributed by atoms with Crippen molar-refractivity contribution in [2.45, 2.75) is 0 Å². The molecule has 2 heterocycles. The van der Waals surface area contributed by atoms with E-state index in [2.05, 4.69) is 21.5 Å². The summed E-state index contributed by atoms with van der Waals surface area (Å²) in [5, 5.41) is 26.4. The number of nitriles is 1. The van der Waals surface area contributed by atoms with E-state index in [1.807, 2.05) is 0 Å². The van der Waals surface area contributed by atoms with E-state index in [-0.39, 0.29) is 16.9 Å². The molecular weight excluding hydrogens is 388 g/mol. The highest BCUT2D eigenvalue weighted by Crippen LogP contribution is 2.25. The van der Waals surface area contributed by atoms with Gasteiger partial charge in [0.15, 0.2) is 5.65 Å². The van der Waals surface area contributed by atoms with E-state index in [0.29, 0.717) is 28.5 Å². The molecule has 10 heteroatoms. The molecule has 4 aromatic rings. The molecule has 0 unspecified atom stereocenters. The number of fused-ring (bicyclic) bond motifs is 1. The fourth-order valence-corrected chi connectivity index (χ4v) is 2.95. The fourth-order valence-electron chi connectivity index (χ4n) is 2.95. The molecule has 0 aliphatic carbocycles. The number of hydrogen-bond acceptors (Lipinski definition) is 7. The monoisotopic (exact) mass is 402 g/mol. The molecule has 148 valence electrons. The molecule has 2 N–H and O–H groups in total. The Morgan fingerprint density at radius 3 is 2.50 bits per heavy atom. The van der Waals surface area contributed by atoms with Crippen LogP contribution in [0.4, 0.5) is 17.2 Å². The lowest BCUT2D eigenvalue weighted by Crippen LogP contribution is -2.14. The normalized spacial score (nSPS) is 10.5. The molecule has 0 spiro atoms. The molecule has 0 atom stereocenters. The van der Waals surface area contributed by atoms with Crippen LogP contribution in [0.25, 0.3) is 16.9 Å². The van der Waals surface area contributed by atoms with Crippen LogP contribution in [-0.4, -0.2) is 26.6 Å². The quantitative estimate of drug-likeness (QED) is 0.386.